The summed E-state index contributed by atoms with van der Waals surface area (Å²) in [4.78, 5) is 25.3. The number of ether oxygens (including phenoxy) is 1. The number of benzene rings is 1. The fraction of sp³-hybridized carbons (Fsp3) is 0.286. The molecule has 0 bridgehead atoms. The summed E-state index contributed by atoms with van der Waals surface area (Å²) in [7, 11) is 0. The van der Waals surface area contributed by atoms with E-state index in [-0.39, 0.29) is 16.5 Å². The molecule has 0 fully saturated rings. The van der Waals surface area contributed by atoms with E-state index in [1.807, 2.05) is 6.07 Å². The Morgan fingerprint density at radius 3 is 2.09 bits per heavy atom. The van der Waals surface area contributed by atoms with Gasteiger partial charge in [-0.3, -0.25) is 0 Å². The Bertz CT molecular complexity index is 654. The second-order valence-electron chi connectivity index (χ2n) is 5.32. The minimum atomic E-state index is -0.676. The Balaban J connectivity index is 2.48. The van der Waals surface area contributed by atoms with Gasteiger partial charge in [0.15, 0.2) is 0 Å². The highest BCUT2D eigenvalue weighted by atomic mass is 35.5. The maximum absolute atomic E-state index is 12.5. The molecule has 0 N–H and O–H groups in total. The zero-order valence-corrected chi connectivity index (χ0v) is 13.8. The Hall–Kier alpha value is -1.92. The highest BCUT2D eigenvalue weighted by Crippen LogP contribution is 2.26. The normalized spacial score (nSPS) is 11.1. The first-order chi connectivity index (χ1) is 10.3. The molecule has 1 aromatic carbocycles. The molecule has 1 heterocycles. The molecule has 1 aromatic heterocycles. The van der Waals surface area contributed by atoms with Crippen molar-refractivity contribution in [1.29, 1.82) is 0 Å². The molecule has 0 unspecified atom stereocenters. The van der Waals surface area contributed by atoms with Gasteiger partial charge in [0.05, 0.1) is 5.69 Å². The molecule has 6 nitrogen and oxygen atoms in total. The van der Waals surface area contributed by atoms with E-state index < -0.39 is 11.7 Å². The third kappa shape index (κ3) is 4.29. The van der Waals surface area contributed by atoms with Gasteiger partial charge < -0.3 is 4.74 Å². The van der Waals surface area contributed by atoms with Crippen molar-refractivity contribution in [2.45, 2.75) is 26.4 Å². The fourth-order valence-electron chi connectivity index (χ4n) is 1.60. The van der Waals surface area contributed by atoms with Crippen LogP contribution in [0.2, 0.25) is 10.6 Å². The largest absolute Gasteiger partial charge is 0.443 e. The number of nitrogens with zero attached hydrogens (tertiary/aromatic N) is 4. The molecule has 2 rings (SSSR count). The van der Waals surface area contributed by atoms with Crippen LogP contribution in [0.15, 0.2) is 30.3 Å². The molecule has 0 aliphatic heterocycles. The Kier molecular flexibility index (Phi) is 4.83. The van der Waals surface area contributed by atoms with E-state index >= 15 is 0 Å². The van der Waals surface area contributed by atoms with Crippen LogP contribution in [0.1, 0.15) is 20.8 Å². The van der Waals surface area contributed by atoms with Crippen molar-refractivity contribution in [3.63, 3.8) is 0 Å². The van der Waals surface area contributed by atoms with Crippen LogP contribution < -0.4 is 4.90 Å². The number of halogens is 2. The predicted molar refractivity (Wildman–Crippen MR) is 84.7 cm³/mol. The maximum Gasteiger partial charge on any atom is 0.421 e. The number of carbonyl (C=O) groups excluding carboxylic acids is 1. The molecule has 0 aliphatic carbocycles. The molecule has 0 atom stereocenters. The zero-order chi connectivity index (χ0) is 16.3. The van der Waals surface area contributed by atoms with E-state index in [2.05, 4.69) is 15.0 Å². The Morgan fingerprint density at radius 2 is 1.59 bits per heavy atom. The standard InChI is InChI=1S/C14H14Cl2N4O2/c1-14(2,3)22-13(21)20(9-7-5-4-6-8-9)12-18-10(15)17-11(16)19-12/h4-8H,1-3H3. The van der Waals surface area contributed by atoms with E-state index in [0.717, 1.165) is 0 Å². The highest BCUT2D eigenvalue weighted by Gasteiger charge is 2.27. The lowest BCUT2D eigenvalue weighted by molar-refractivity contribution is 0.0597. The zero-order valence-electron chi connectivity index (χ0n) is 12.2. The Labute approximate surface area is 138 Å². The lowest BCUT2D eigenvalue weighted by Crippen LogP contribution is -2.34. The number of para-hydroxylation sites is 1. The van der Waals surface area contributed by atoms with Gasteiger partial charge in [0, 0.05) is 0 Å². The number of carbonyl (C=O) groups is 1. The van der Waals surface area contributed by atoms with Gasteiger partial charge in [0.25, 0.3) is 0 Å². The number of hydrogen-bond acceptors (Lipinski definition) is 5. The molecule has 0 saturated heterocycles. The summed E-state index contributed by atoms with van der Waals surface area (Å²) in [6.45, 7) is 5.30. The van der Waals surface area contributed by atoms with Crippen molar-refractivity contribution in [2.24, 2.45) is 0 Å². The van der Waals surface area contributed by atoms with Gasteiger partial charge in [0.1, 0.15) is 5.60 Å². The predicted octanol–water partition coefficient (Wildman–Crippen LogP) is 4.25. The van der Waals surface area contributed by atoms with Crippen LogP contribution in [0.5, 0.6) is 0 Å². The number of hydrogen-bond donors (Lipinski definition) is 0. The average Bonchev–Trinajstić information content (AvgIpc) is 2.36. The van der Waals surface area contributed by atoms with Crippen molar-refractivity contribution in [2.75, 3.05) is 4.90 Å². The Morgan fingerprint density at radius 1 is 1.05 bits per heavy atom. The molecule has 0 spiro atoms. The van der Waals surface area contributed by atoms with Crippen LogP contribution in [0.25, 0.3) is 0 Å². The first kappa shape index (κ1) is 16.5. The van der Waals surface area contributed by atoms with Gasteiger partial charge in [-0.05, 0) is 56.1 Å². The summed E-state index contributed by atoms with van der Waals surface area (Å²) in [5.41, 5.74) is -0.153. The number of amides is 1. The average molecular weight is 341 g/mol. The molecule has 0 saturated carbocycles. The van der Waals surface area contributed by atoms with E-state index in [0.29, 0.717) is 5.69 Å². The molecule has 116 valence electrons. The third-order valence-corrected chi connectivity index (χ3v) is 2.70. The SMILES string of the molecule is CC(C)(C)OC(=O)N(c1ccccc1)c1nc(Cl)nc(Cl)n1. The van der Waals surface area contributed by atoms with E-state index in [1.165, 1.54) is 4.90 Å². The van der Waals surface area contributed by atoms with Crippen LogP contribution in [-0.2, 0) is 4.74 Å². The lowest BCUT2D eigenvalue weighted by Gasteiger charge is -2.26. The van der Waals surface area contributed by atoms with Gasteiger partial charge in [-0.2, -0.15) is 15.0 Å². The topological polar surface area (TPSA) is 68.2 Å². The second kappa shape index (κ2) is 6.46. The number of rotatable bonds is 2. The third-order valence-electron chi connectivity index (χ3n) is 2.36. The maximum atomic E-state index is 12.5. The second-order valence-corrected chi connectivity index (χ2v) is 6.00. The van der Waals surface area contributed by atoms with Crippen LogP contribution >= 0.6 is 23.2 Å². The van der Waals surface area contributed by atoms with Crippen LogP contribution in [0.4, 0.5) is 16.4 Å². The van der Waals surface area contributed by atoms with E-state index in [1.54, 1.807) is 45.0 Å². The van der Waals surface area contributed by atoms with Crippen LogP contribution in [0.3, 0.4) is 0 Å². The van der Waals surface area contributed by atoms with Gasteiger partial charge in [-0.15, -0.1) is 0 Å². The van der Waals surface area contributed by atoms with Crippen LogP contribution in [-0.4, -0.2) is 26.6 Å². The van der Waals surface area contributed by atoms with E-state index in [9.17, 15) is 4.79 Å². The van der Waals surface area contributed by atoms with Gasteiger partial charge in [0.2, 0.25) is 16.5 Å². The molecular weight excluding hydrogens is 327 g/mol. The summed E-state index contributed by atoms with van der Waals surface area (Å²) in [5, 5.41) is -0.223. The molecular formula is C14H14Cl2N4O2. The van der Waals surface area contributed by atoms with Crippen molar-refractivity contribution in [1.82, 2.24) is 15.0 Å². The fourth-order valence-corrected chi connectivity index (χ4v) is 1.96. The smallest absolute Gasteiger partial charge is 0.421 e. The summed E-state index contributed by atoms with van der Waals surface area (Å²) < 4.78 is 5.39. The summed E-state index contributed by atoms with van der Waals surface area (Å²) in [5.74, 6) is -0.00884. The van der Waals surface area contributed by atoms with Crippen molar-refractivity contribution >= 4 is 40.9 Å². The van der Waals surface area contributed by atoms with Gasteiger partial charge >= 0.3 is 6.09 Å². The summed E-state index contributed by atoms with van der Waals surface area (Å²) in [6, 6.07) is 8.81. The molecule has 0 radical (unpaired) electrons. The first-order valence-electron chi connectivity index (χ1n) is 6.41. The molecule has 1 amide bonds. The van der Waals surface area contributed by atoms with Crippen molar-refractivity contribution in [3.05, 3.63) is 40.9 Å². The number of aromatic nitrogens is 3. The van der Waals surface area contributed by atoms with Gasteiger partial charge in [-0.1, -0.05) is 18.2 Å². The summed E-state index contributed by atoms with van der Waals surface area (Å²) in [6.07, 6.45) is -0.642. The summed E-state index contributed by atoms with van der Waals surface area (Å²) >= 11 is 11.6. The van der Waals surface area contributed by atoms with Crippen molar-refractivity contribution < 1.29 is 9.53 Å². The molecule has 0 aliphatic rings. The lowest BCUT2D eigenvalue weighted by atomic mass is 10.2. The number of anilines is 2. The van der Waals surface area contributed by atoms with E-state index in [4.69, 9.17) is 27.9 Å². The minimum Gasteiger partial charge on any atom is -0.443 e. The first-order valence-corrected chi connectivity index (χ1v) is 7.17. The van der Waals surface area contributed by atoms with Crippen LogP contribution in [0, 0.1) is 0 Å². The molecule has 2 aromatic rings. The monoisotopic (exact) mass is 340 g/mol. The van der Waals surface area contributed by atoms with Crippen molar-refractivity contribution in [3.8, 4) is 0 Å². The minimum absolute atomic E-state index is 0.00884. The molecule has 22 heavy (non-hydrogen) atoms. The molecule has 8 heteroatoms. The van der Waals surface area contributed by atoms with Gasteiger partial charge in [-0.25, -0.2) is 9.69 Å². The quantitative estimate of drug-likeness (QED) is 0.817. The highest BCUT2D eigenvalue weighted by molar-refractivity contribution is 6.31.